The highest BCUT2D eigenvalue weighted by molar-refractivity contribution is 9.10. The first-order chi connectivity index (χ1) is 15.0. The topological polar surface area (TPSA) is 58.6 Å². The van der Waals surface area contributed by atoms with E-state index in [4.69, 9.17) is 4.74 Å². The zero-order chi connectivity index (χ0) is 23.9. The Bertz CT molecular complexity index is 907. The van der Waals surface area contributed by atoms with Crippen LogP contribution in [0.2, 0.25) is 0 Å². The van der Waals surface area contributed by atoms with Gasteiger partial charge in [-0.1, -0.05) is 64.1 Å². The zero-order valence-electron chi connectivity index (χ0n) is 19.9. The molecule has 1 N–H and O–H groups in total. The first-order valence-corrected chi connectivity index (χ1v) is 11.9. The van der Waals surface area contributed by atoms with Crippen LogP contribution in [-0.4, -0.2) is 35.4 Å². The molecular weight excluding hydrogens is 468 g/mol. The van der Waals surface area contributed by atoms with Crippen LogP contribution in [0.4, 0.5) is 0 Å². The van der Waals surface area contributed by atoms with E-state index in [1.807, 2.05) is 69.3 Å². The van der Waals surface area contributed by atoms with Crippen LogP contribution in [0.15, 0.2) is 53.0 Å². The van der Waals surface area contributed by atoms with Crippen molar-refractivity contribution in [2.75, 3.05) is 6.61 Å². The molecule has 1 atom stereocenters. The van der Waals surface area contributed by atoms with E-state index in [0.717, 1.165) is 10.0 Å². The number of nitrogens with one attached hydrogen (secondary N) is 1. The van der Waals surface area contributed by atoms with E-state index >= 15 is 0 Å². The molecule has 0 saturated heterocycles. The minimum atomic E-state index is -0.569. The Hall–Kier alpha value is -2.34. The predicted molar refractivity (Wildman–Crippen MR) is 133 cm³/mol. The summed E-state index contributed by atoms with van der Waals surface area (Å²) in [5.74, 6) is 0.222. The molecule has 0 aliphatic heterocycles. The number of hydrogen-bond donors (Lipinski definition) is 1. The maximum atomic E-state index is 13.3. The van der Waals surface area contributed by atoms with Crippen LogP contribution in [0, 0.1) is 0 Å². The first kappa shape index (κ1) is 25.9. The smallest absolute Gasteiger partial charge is 0.261 e. The molecule has 0 spiro atoms. The molecule has 2 aromatic carbocycles. The number of nitrogens with zero attached hydrogens (tertiary/aromatic N) is 1. The summed E-state index contributed by atoms with van der Waals surface area (Å²) in [5.41, 5.74) is 2.15. The molecule has 174 valence electrons. The van der Waals surface area contributed by atoms with Crippen molar-refractivity contribution in [3.63, 3.8) is 0 Å². The molecule has 0 bridgehead atoms. The largest absolute Gasteiger partial charge is 0.483 e. The monoisotopic (exact) mass is 502 g/mol. The van der Waals surface area contributed by atoms with Gasteiger partial charge in [-0.25, -0.2) is 0 Å². The van der Waals surface area contributed by atoms with Crippen molar-refractivity contribution < 1.29 is 14.3 Å². The van der Waals surface area contributed by atoms with Gasteiger partial charge in [0.15, 0.2) is 6.61 Å². The molecular formula is C26H35BrN2O3. The Balaban J connectivity index is 2.21. The molecule has 0 saturated carbocycles. The maximum Gasteiger partial charge on any atom is 0.261 e. The van der Waals surface area contributed by atoms with Gasteiger partial charge in [-0.15, -0.1) is 0 Å². The van der Waals surface area contributed by atoms with E-state index in [0.29, 0.717) is 18.7 Å². The normalized spacial score (nSPS) is 12.4. The van der Waals surface area contributed by atoms with E-state index < -0.39 is 6.04 Å². The molecule has 2 amide bonds. The minimum absolute atomic E-state index is 0.00114. The van der Waals surface area contributed by atoms with Crippen LogP contribution in [0.3, 0.4) is 0 Å². The Morgan fingerprint density at radius 2 is 1.75 bits per heavy atom. The lowest BCUT2D eigenvalue weighted by Gasteiger charge is -2.31. The van der Waals surface area contributed by atoms with Gasteiger partial charge in [-0.05, 0) is 64.9 Å². The van der Waals surface area contributed by atoms with Crippen LogP contribution >= 0.6 is 15.9 Å². The van der Waals surface area contributed by atoms with Crippen molar-refractivity contribution in [2.45, 2.75) is 72.0 Å². The summed E-state index contributed by atoms with van der Waals surface area (Å²) < 4.78 is 6.67. The van der Waals surface area contributed by atoms with Crippen LogP contribution in [0.1, 0.15) is 59.1 Å². The lowest BCUT2D eigenvalue weighted by atomic mass is 9.87. The molecule has 0 aliphatic carbocycles. The molecule has 0 aliphatic rings. The van der Waals surface area contributed by atoms with Crippen LogP contribution < -0.4 is 10.1 Å². The number of carbonyl (C=O) groups is 2. The predicted octanol–water partition coefficient (Wildman–Crippen LogP) is 5.46. The molecule has 0 radical (unpaired) electrons. The SMILES string of the molecule is CCC(C(=O)NC(C)C)N(Cc1ccccc1)C(=O)COc1ccc(C(C)(C)C)cc1Br. The van der Waals surface area contributed by atoms with Gasteiger partial charge in [-0.3, -0.25) is 9.59 Å². The lowest BCUT2D eigenvalue weighted by Crippen LogP contribution is -2.51. The molecule has 2 aromatic rings. The second-order valence-corrected chi connectivity index (χ2v) is 10.1. The molecule has 0 fully saturated rings. The lowest BCUT2D eigenvalue weighted by molar-refractivity contribution is -0.143. The van der Waals surface area contributed by atoms with E-state index in [1.54, 1.807) is 4.90 Å². The van der Waals surface area contributed by atoms with Gasteiger partial charge in [-0.2, -0.15) is 0 Å². The highest BCUT2D eigenvalue weighted by Crippen LogP contribution is 2.31. The Morgan fingerprint density at radius 3 is 2.28 bits per heavy atom. The number of amides is 2. The highest BCUT2D eigenvalue weighted by Gasteiger charge is 2.29. The number of rotatable bonds is 9. The highest BCUT2D eigenvalue weighted by atomic mass is 79.9. The van der Waals surface area contributed by atoms with Gasteiger partial charge in [0.25, 0.3) is 5.91 Å². The zero-order valence-corrected chi connectivity index (χ0v) is 21.5. The molecule has 1 unspecified atom stereocenters. The van der Waals surface area contributed by atoms with E-state index in [2.05, 4.69) is 42.0 Å². The summed E-state index contributed by atoms with van der Waals surface area (Å²) in [4.78, 5) is 27.7. The van der Waals surface area contributed by atoms with Gasteiger partial charge in [0.1, 0.15) is 11.8 Å². The van der Waals surface area contributed by atoms with Crippen molar-refractivity contribution in [2.24, 2.45) is 0 Å². The average molecular weight is 503 g/mol. The number of benzene rings is 2. The van der Waals surface area contributed by atoms with Crippen molar-refractivity contribution in [1.82, 2.24) is 10.2 Å². The van der Waals surface area contributed by atoms with E-state index in [1.165, 1.54) is 5.56 Å². The molecule has 6 heteroatoms. The van der Waals surface area contributed by atoms with E-state index in [9.17, 15) is 9.59 Å². The molecule has 0 heterocycles. The maximum absolute atomic E-state index is 13.3. The summed E-state index contributed by atoms with van der Waals surface area (Å²) in [5, 5.41) is 2.94. The Morgan fingerprint density at radius 1 is 1.09 bits per heavy atom. The molecule has 32 heavy (non-hydrogen) atoms. The minimum Gasteiger partial charge on any atom is -0.483 e. The number of halogens is 1. The fourth-order valence-corrected chi connectivity index (χ4v) is 3.88. The van der Waals surface area contributed by atoms with Crippen molar-refractivity contribution in [3.8, 4) is 5.75 Å². The molecule has 5 nitrogen and oxygen atoms in total. The Labute approximate surface area is 200 Å². The van der Waals surface area contributed by atoms with Crippen molar-refractivity contribution in [1.29, 1.82) is 0 Å². The third kappa shape index (κ3) is 7.37. The second kappa shape index (κ2) is 11.5. The van der Waals surface area contributed by atoms with Crippen molar-refractivity contribution >= 4 is 27.7 Å². The first-order valence-electron chi connectivity index (χ1n) is 11.1. The van der Waals surface area contributed by atoms with Gasteiger partial charge < -0.3 is 15.0 Å². The molecule has 0 aromatic heterocycles. The van der Waals surface area contributed by atoms with Gasteiger partial charge in [0.2, 0.25) is 5.91 Å². The fraction of sp³-hybridized carbons (Fsp3) is 0.462. The van der Waals surface area contributed by atoms with E-state index in [-0.39, 0.29) is 29.9 Å². The second-order valence-electron chi connectivity index (χ2n) is 9.28. The van der Waals surface area contributed by atoms with Gasteiger partial charge in [0, 0.05) is 12.6 Å². The number of hydrogen-bond acceptors (Lipinski definition) is 3. The number of ether oxygens (including phenoxy) is 1. The van der Waals surface area contributed by atoms with Crippen LogP contribution in [0.5, 0.6) is 5.75 Å². The number of carbonyl (C=O) groups excluding carboxylic acids is 2. The van der Waals surface area contributed by atoms with Gasteiger partial charge in [0.05, 0.1) is 4.47 Å². The third-order valence-electron chi connectivity index (χ3n) is 5.16. The summed E-state index contributed by atoms with van der Waals surface area (Å²) in [7, 11) is 0. The quantitative estimate of drug-likeness (QED) is 0.495. The third-order valence-corrected chi connectivity index (χ3v) is 5.78. The fourth-order valence-electron chi connectivity index (χ4n) is 3.39. The van der Waals surface area contributed by atoms with Crippen molar-refractivity contribution in [3.05, 3.63) is 64.1 Å². The van der Waals surface area contributed by atoms with Crippen LogP contribution in [0.25, 0.3) is 0 Å². The summed E-state index contributed by atoms with van der Waals surface area (Å²) in [6.45, 7) is 12.4. The average Bonchev–Trinajstić information content (AvgIpc) is 2.72. The van der Waals surface area contributed by atoms with Crippen LogP contribution in [-0.2, 0) is 21.5 Å². The Kier molecular flexibility index (Phi) is 9.32. The van der Waals surface area contributed by atoms with Gasteiger partial charge >= 0.3 is 0 Å². The standard InChI is InChI=1S/C26H35BrN2O3/c1-7-22(25(31)28-18(2)3)29(16-19-11-9-8-10-12-19)24(30)17-32-23-14-13-20(15-21(23)27)26(4,5)6/h8-15,18,22H,7,16-17H2,1-6H3,(H,28,31). The summed E-state index contributed by atoms with van der Waals surface area (Å²) in [6, 6.07) is 15.0. The summed E-state index contributed by atoms with van der Waals surface area (Å²) >= 11 is 3.56. The molecule has 2 rings (SSSR count). The summed E-state index contributed by atoms with van der Waals surface area (Å²) in [6.07, 6.45) is 0.515.